The molecule has 3 rings (SSSR count). The Kier molecular flexibility index (Phi) is 6.45. The lowest BCUT2D eigenvalue weighted by atomic mass is 9.90. The normalized spacial score (nSPS) is 19.2. The first-order chi connectivity index (χ1) is 13.7. The van der Waals surface area contributed by atoms with E-state index in [1.54, 1.807) is 7.05 Å². The van der Waals surface area contributed by atoms with Crippen molar-refractivity contribution in [2.45, 2.75) is 37.5 Å². The molecule has 29 heavy (non-hydrogen) atoms. The minimum Gasteiger partial charge on any atom is -0.370 e. The SMILES string of the molecule is CN(C1CCC1)[C@@H](CN)C(=O)Nc1ccc(N2CCOCC2=O)cc1C(F)(F)F. The number of anilines is 2. The van der Waals surface area contributed by atoms with E-state index in [4.69, 9.17) is 10.5 Å². The lowest BCUT2D eigenvalue weighted by molar-refractivity contribution is -0.137. The summed E-state index contributed by atoms with van der Waals surface area (Å²) in [6, 6.07) is 2.94. The van der Waals surface area contributed by atoms with E-state index in [0.29, 0.717) is 0 Å². The zero-order chi connectivity index (χ0) is 21.2. The van der Waals surface area contributed by atoms with E-state index in [0.717, 1.165) is 25.3 Å². The number of rotatable bonds is 6. The summed E-state index contributed by atoms with van der Waals surface area (Å²) in [5, 5.41) is 2.38. The average molecular weight is 414 g/mol. The molecule has 1 aliphatic heterocycles. The quantitative estimate of drug-likeness (QED) is 0.742. The van der Waals surface area contributed by atoms with Gasteiger partial charge in [-0.1, -0.05) is 6.42 Å². The van der Waals surface area contributed by atoms with Gasteiger partial charge < -0.3 is 20.7 Å². The summed E-state index contributed by atoms with van der Waals surface area (Å²) < 4.78 is 46.0. The molecule has 1 atom stereocenters. The van der Waals surface area contributed by atoms with Crippen LogP contribution < -0.4 is 16.0 Å². The fourth-order valence-corrected chi connectivity index (χ4v) is 3.56. The molecule has 1 saturated carbocycles. The standard InChI is InChI=1S/C19H25F3N4O3/c1-25(12-3-2-4-12)16(10-23)18(28)24-15-6-5-13(9-14(15)19(20,21)22)26-7-8-29-11-17(26)27/h5-6,9,12,16H,2-4,7-8,10-11,23H2,1H3,(H,24,28)/t16-/m0/s1. The predicted molar refractivity (Wildman–Crippen MR) is 101 cm³/mol. The van der Waals surface area contributed by atoms with Crippen molar-refractivity contribution in [3.8, 4) is 0 Å². The van der Waals surface area contributed by atoms with Crippen LogP contribution in [0.2, 0.25) is 0 Å². The molecule has 0 radical (unpaired) electrons. The summed E-state index contributed by atoms with van der Waals surface area (Å²) >= 11 is 0. The van der Waals surface area contributed by atoms with Crippen LogP contribution in [-0.2, 0) is 20.5 Å². The van der Waals surface area contributed by atoms with Crippen LogP contribution in [0.1, 0.15) is 24.8 Å². The Hall–Kier alpha value is -2.17. The number of carbonyl (C=O) groups excluding carboxylic acids is 2. The van der Waals surface area contributed by atoms with Crippen molar-refractivity contribution in [1.29, 1.82) is 0 Å². The van der Waals surface area contributed by atoms with Gasteiger partial charge in [0.05, 0.1) is 17.9 Å². The van der Waals surface area contributed by atoms with Crippen LogP contribution in [0, 0.1) is 0 Å². The lowest BCUT2D eigenvalue weighted by Gasteiger charge is -2.38. The van der Waals surface area contributed by atoms with Crippen LogP contribution >= 0.6 is 0 Å². The van der Waals surface area contributed by atoms with Gasteiger partial charge in [0.15, 0.2) is 0 Å². The van der Waals surface area contributed by atoms with Gasteiger partial charge in [0.2, 0.25) is 5.91 Å². The maximum atomic E-state index is 13.7. The number of alkyl halides is 3. The second-order valence-electron chi connectivity index (χ2n) is 7.32. The summed E-state index contributed by atoms with van der Waals surface area (Å²) in [5.74, 6) is -0.992. The minimum absolute atomic E-state index is 0.000543. The number of halogens is 3. The van der Waals surface area contributed by atoms with Gasteiger partial charge in [0, 0.05) is 24.8 Å². The third-order valence-corrected chi connectivity index (χ3v) is 5.53. The molecule has 0 spiro atoms. The number of nitrogens with one attached hydrogen (secondary N) is 1. The molecular formula is C19H25F3N4O3. The molecular weight excluding hydrogens is 389 g/mol. The zero-order valence-corrected chi connectivity index (χ0v) is 16.2. The first-order valence-corrected chi connectivity index (χ1v) is 9.54. The van der Waals surface area contributed by atoms with Crippen molar-refractivity contribution in [2.75, 3.05) is 43.6 Å². The summed E-state index contributed by atoms with van der Waals surface area (Å²) in [6.07, 6.45) is -1.76. The van der Waals surface area contributed by atoms with E-state index < -0.39 is 29.6 Å². The van der Waals surface area contributed by atoms with E-state index in [2.05, 4.69) is 5.32 Å². The van der Waals surface area contributed by atoms with Crippen LogP contribution in [0.4, 0.5) is 24.5 Å². The van der Waals surface area contributed by atoms with Gasteiger partial charge in [-0.2, -0.15) is 13.2 Å². The Morgan fingerprint density at radius 2 is 2.14 bits per heavy atom. The highest BCUT2D eigenvalue weighted by molar-refractivity contribution is 5.98. The van der Waals surface area contributed by atoms with Crippen LogP contribution in [0.15, 0.2) is 18.2 Å². The third kappa shape index (κ3) is 4.71. The Morgan fingerprint density at radius 1 is 1.41 bits per heavy atom. The third-order valence-electron chi connectivity index (χ3n) is 5.53. The van der Waals surface area contributed by atoms with Gasteiger partial charge >= 0.3 is 6.18 Å². The van der Waals surface area contributed by atoms with Gasteiger partial charge in [-0.25, -0.2) is 0 Å². The van der Waals surface area contributed by atoms with Crippen molar-refractivity contribution in [2.24, 2.45) is 5.73 Å². The van der Waals surface area contributed by atoms with Gasteiger partial charge in [-0.05, 0) is 38.1 Å². The van der Waals surface area contributed by atoms with Gasteiger partial charge in [0.1, 0.15) is 12.6 Å². The summed E-state index contributed by atoms with van der Waals surface area (Å²) in [4.78, 5) is 27.7. The number of carbonyl (C=O) groups is 2. The largest absolute Gasteiger partial charge is 0.418 e. The molecule has 7 nitrogen and oxygen atoms in total. The predicted octanol–water partition coefficient (Wildman–Crippen LogP) is 1.82. The maximum Gasteiger partial charge on any atom is 0.418 e. The van der Waals surface area contributed by atoms with Crippen molar-refractivity contribution >= 4 is 23.2 Å². The number of ether oxygens (including phenoxy) is 1. The highest BCUT2D eigenvalue weighted by Crippen LogP contribution is 2.38. The monoisotopic (exact) mass is 414 g/mol. The smallest absolute Gasteiger partial charge is 0.370 e. The molecule has 0 unspecified atom stereocenters. The number of morpholine rings is 1. The van der Waals surface area contributed by atoms with Gasteiger partial charge in [-0.15, -0.1) is 0 Å². The fraction of sp³-hybridized carbons (Fsp3) is 0.579. The fourth-order valence-electron chi connectivity index (χ4n) is 3.56. The molecule has 2 aliphatic rings. The van der Waals surface area contributed by atoms with E-state index in [-0.39, 0.29) is 43.7 Å². The van der Waals surface area contributed by atoms with Gasteiger partial charge in [-0.3, -0.25) is 14.5 Å². The van der Waals surface area contributed by atoms with E-state index >= 15 is 0 Å². The van der Waals surface area contributed by atoms with Crippen LogP contribution in [0.3, 0.4) is 0 Å². The molecule has 10 heteroatoms. The number of hydrogen-bond donors (Lipinski definition) is 2. The molecule has 3 N–H and O–H groups in total. The highest BCUT2D eigenvalue weighted by Gasteiger charge is 2.37. The Balaban J connectivity index is 1.84. The highest BCUT2D eigenvalue weighted by atomic mass is 19.4. The number of nitrogens with two attached hydrogens (primary N) is 1. The maximum absolute atomic E-state index is 13.7. The molecule has 1 aromatic carbocycles. The molecule has 1 aromatic rings. The summed E-state index contributed by atoms with van der Waals surface area (Å²) in [7, 11) is 1.76. The van der Waals surface area contributed by atoms with Crippen LogP contribution in [-0.4, -0.2) is 62.1 Å². The molecule has 1 aliphatic carbocycles. The molecule has 0 aromatic heterocycles. The average Bonchev–Trinajstić information content (AvgIpc) is 2.61. The molecule has 1 heterocycles. The van der Waals surface area contributed by atoms with E-state index in [9.17, 15) is 22.8 Å². The number of nitrogens with zero attached hydrogens (tertiary/aromatic N) is 2. The first kappa shape index (κ1) is 21.5. The van der Waals surface area contributed by atoms with Crippen LogP contribution in [0.25, 0.3) is 0 Å². The second-order valence-corrected chi connectivity index (χ2v) is 7.32. The van der Waals surface area contributed by atoms with Crippen molar-refractivity contribution < 1.29 is 27.5 Å². The number of likely N-dealkylation sites (N-methyl/N-ethyl adjacent to an activating group) is 1. The molecule has 2 fully saturated rings. The topological polar surface area (TPSA) is 87.9 Å². The molecule has 160 valence electrons. The molecule has 1 saturated heterocycles. The summed E-state index contributed by atoms with van der Waals surface area (Å²) in [6.45, 7) is 0.243. The molecule has 2 amide bonds. The Morgan fingerprint density at radius 3 is 2.69 bits per heavy atom. The summed E-state index contributed by atoms with van der Waals surface area (Å²) in [5.41, 5.74) is 4.48. The number of hydrogen-bond acceptors (Lipinski definition) is 5. The Bertz CT molecular complexity index is 768. The van der Waals surface area contributed by atoms with Gasteiger partial charge in [0.25, 0.3) is 5.91 Å². The molecule has 0 bridgehead atoms. The van der Waals surface area contributed by atoms with E-state index in [1.807, 2.05) is 4.90 Å². The number of amides is 2. The first-order valence-electron chi connectivity index (χ1n) is 9.54. The lowest BCUT2D eigenvalue weighted by Crippen LogP contribution is -2.52. The zero-order valence-electron chi connectivity index (χ0n) is 16.2. The second kappa shape index (κ2) is 8.68. The van der Waals surface area contributed by atoms with E-state index in [1.165, 1.54) is 17.0 Å². The Labute approximate surface area is 167 Å². The van der Waals surface area contributed by atoms with Crippen molar-refractivity contribution in [1.82, 2.24) is 4.90 Å². The van der Waals surface area contributed by atoms with Crippen molar-refractivity contribution in [3.05, 3.63) is 23.8 Å². The van der Waals surface area contributed by atoms with Crippen LogP contribution in [0.5, 0.6) is 0 Å². The van der Waals surface area contributed by atoms with Crippen molar-refractivity contribution in [3.63, 3.8) is 0 Å². The number of benzene rings is 1. The minimum atomic E-state index is -4.70.